The standard InChI is InChI=1S/C22H27F4NO4/c1-5-30-20(29)17(23)12-15-6-7-16(22(24,25)26)13-18(15)27-10-8-14(9-11-27)19(28)31-21(2,3)4/h6-7,12-14H,5,8-11H2,1-4H3/b17-12-. The van der Waals surface area contributed by atoms with Crippen LogP contribution in [0.3, 0.4) is 0 Å². The van der Waals surface area contributed by atoms with Crippen molar-refractivity contribution in [3.05, 3.63) is 35.2 Å². The zero-order chi connectivity index (χ0) is 23.4. The summed E-state index contributed by atoms with van der Waals surface area (Å²) in [6.45, 7) is 7.35. The van der Waals surface area contributed by atoms with Gasteiger partial charge in [0.15, 0.2) is 0 Å². The number of hydrogen-bond donors (Lipinski definition) is 0. The van der Waals surface area contributed by atoms with E-state index in [0.717, 1.165) is 24.3 Å². The largest absolute Gasteiger partial charge is 0.461 e. The Labute approximate surface area is 179 Å². The van der Waals surface area contributed by atoms with E-state index in [-0.39, 0.29) is 42.8 Å². The Morgan fingerprint density at radius 3 is 2.29 bits per heavy atom. The molecule has 2 rings (SSSR count). The lowest BCUT2D eigenvalue weighted by Gasteiger charge is -2.35. The number of ether oxygens (including phenoxy) is 2. The summed E-state index contributed by atoms with van der Waals surface area (Å²) >= 11 is 0. The van der Waals surface area contributed by atoms with Crippen LogP contribution in [-0.2, 0) is 25.2 Å². The Balaban J connectivity index is 2.28. The van der Waals surface area contributed by atoms with Gasteiger partial charge in [-0.25, -0.2) is 4.79 Å². The quantitative estimate of drug-likeness (QED) is 0.357. The van der Waals surface area contributed by atoms with E-state index in [0.29, 0.717) is 12.8 Å². The van der Waals surface area contributed by atoms with Gasteiger partial charge in [0, 0.05) is 24.3 Å². The van der Waals surface area contributed by atoms with E-state index in [2.05, 4.69) is 4.74 Å². The maximum Gasteiger partial charge on any atom is 0.416 e. The molecule has 1 saturated heterocycles. The van der Waals surface area contributed by atoms with Crippen LogP contribution in [0.1, 0.15) is 51.7 Å². The number of anilines is 1. The van der Waals surface area contributed by atoms with Gasteiger partial charge in [0.05, 0.1) is 18.1 Å². The smallest absolute Gasteiger partial charge is 0.416 e. The van der Waals surface area contributed by atoms with Crippen molar-refractivity contribution in [3.63, 3.8) is 0 Å². The number of rotatable bonds is 5. The van der Waals surface area contributed by atoms with Gasteiger partial charge in [-0.15, -0.1) is 0 Å². The summed E-state index contributed by atoms with van der Waals surface area (Å²) in [6, 6.07) is 2.89. The fourth-order valence-corrected chi connectivity index (χ4v) is 3.25. The number of carbonyl (C=O) groups is 2. The molecule has 0 radical (unpaired) electrons. The van der Waals surface area contributed by atoms with Crippen LogP contribution in [0.5, 0.6) is 0 Å². The first-order valence-corrected chi connectivity index (χ1v) is 10.0. The van der Waals surface area contributed by atoms with Crippen molar-refractivity contribution in [2.24, 2.45) is 5.92 Å². The topological polar surface area (TPSA) is 55.8 Å². The molecule has 0 saturated carbocycles. The van der Waals surface area contributed by atoms with Crippen molar-refractivity contribution in [2.45, 2.75) is 52.3 Å². The normalized spacial score (nSPS) is 16.3. The molecule has 0 amide bonds. The third-order valence-electron chi connectivity index (χ3n) is 4.69. The number of carbonyl (C=O) groups excluding carboxylic acids is 2. The lowest BCUT2D eigenvalue weighted by molar-refractivity contribution is -0.160. The number of piperidine rings is 1. The third kappa shape index (κ3) is 6.97. The molecule has 1 aromatic carbocycles. The molecule has 1 aromatic rings. The van der Waals surface area contributed by atoms with Crippen LogP contribution >= 0.6 is 0 Å². The van der Waals surface area contributed by atoms with Crippen LogP contribution in [0, 0.1) is 5.92 Å². The molecule has 1 fully saturated rings. The van der Waals surface area contributed by atoms with Crippen LogP contribution < -0.4 is 4.90 Å². The average Bonchev–Trinajstić information content (AvgIpc) is 2.66. The van der Waals surface area contributed by atoms with Gasteiger partial charge in [0.2, 0.25) is 5.83 Å². The van der Waals surface area contributed by atoms with Crippen LogP contribution in [0.2, 0.25) is 0 Å². The summed E-state index contributed by atoms with van der Waals surface area (Å²) in [5.41, 5.74) is -1.26. The highest BCUT2D eigenvalue weighted by Gasteiger charge is 2.33. The van der Waals surface area contributed by atoms with E-state index in [1.807, 2.05) is 0 Å². The first-order chi connectivity index (χ1) is 14.3. The molecule has 0 spiro atoms. The highest BCUT2D eigenvalue weighted by Crippen LogP contribution is 2.36. The van der Waals surface area contributed by atoms with Crippen molar-refractivity contribution in [1.29, 1.82) is 0 Å². The van der Waals surface area contributed by atoms with Crippen molar-refractivity contribution >= 4 is 23.7 Å². The van der Waals surface area contributed by atoms with Gasteiger partial charge in [-0.2, -0.15) is 17.6 Å². The fourth-order valence-electron chi connectivity index (χ4n) is 3.25. The second kappa shape index (κ2) is 9.70. The lowest BCUT2D eigenvalue weighted by Crippen LogP contribution is -2.39. The molecule has 0 aliphatic carbocycles. The van der Waals surface area contributed by atoms with Gasteiger partial charge in [0.1, 0.15) is 5.60 Å². The number of hydrogen-bond acceptors (Lipinski definition) is 5. The molecule has 31 heavy (non-hydrogen) atoms. The molecule has 172 valence electrons. The SMILES string of the molecule is CCOC(=O)/C(F)=C/c1ccc(C(F)(F)F)cc1N1CCC(C(=O)OC(C)(C)C)CC1. The summed E-state index contributed by atoms with van der Waals surface area (Å²) in [5.74, 6) is -3.09. The molecular weight excluding hydrogens is 418 g/mol. The fraction of sp³-hybridized carbons (Fsp3) is 0.545. The van der Waals surface area contributed by atoms with Crippen LogP contribution in [0.15, 0.2) is 24.0 Å². The van der Waals surface area contributed by atoms with Gasteiger partial charge in [-0.1, -0.05) is 6.07 Å². The Morgan fingerprint density at radius 2 is 1.77 bits per heavy atom. The van der Waals surface area contributed by atoms with Gasteiger partial charge in [-0.3, -0.25) is 4.79 Å². The molecule has 0 N–H and O–H groups in total. The molecule has 0 atom stereocenters. The first kappa shape index (κ1) is 24.7. The molecular formula is C22H27F4NO4. The predicted octanol–water partition coefficient (Wildman–Crippen LogP) is 5.14. The summed E-state index contributed by atoms with van der Waals surface area (Å²) in [7, 11) is 0. The van der Waals surface area contributed by atoms with Crippen molar-refractivity contribution in [1.82, 2.24) is 0 Å². The minimum absolute atomic E-state index is 0.0296. The van der Waals surface area contributed by atoms with E-state index in [1.54, 1.807) is 25.7 Å². The van der Waals surface area contributed by atoms with Crippen molar-refractivity contribution in [3.8, 4) is 0 Å². The Hall–Kier alpha value is -2.58. The maximum atomic E-state index is 14.2. The van der Waals surface area contributed by atoms with Gasteiger partial charge >= 0.3 is 18.1 Å². The van der Waals surface area contributed by atoms with Gasteiger partial charge < -0.3 is 14.4 Å². The molecule has 0 aromatic heterocycles. The van der Waals surface area contributed by atoms with Crippen molar-refractivity contribution < 1.29 is 36.6 Å². The van der Waals surface area contributed by atoms with E-state index in [9.17, 15) is 27.2 Å². The highest BCUT2D eigenvalue weighted by molar-refractivity contribution is 5.92. The molecule has 1 aliphatic rings. The summed E-state index contributed by atoms with van der Waals surface area (Å²) in [5, 5.41) is 0. The van der Waals surface area contributed by atoms with E-state index < -0.39 is 29.1 Å². The summed E-state index contributed by atoms with van der Waals surface area (Å²) in [4.78, 5) is 25.5. The zero-order valence-electron chi connectivity index (χ0n) is 18.0. The second-order valence-electron chi connectivity index (χ2n) is 8.28. The Morgan fingerprint density at radius 1 is 1.16 bits per heavy atom. The number of benzene rings is 1. The molecule has 0 unspecified atom stereocenters. The average molecular weight is 445 g/mol. The summed E-state index contributed by atoms with van der Waals surface area (Å²) in [6.07, 6.45) is -2.94. The highest BCUT2D eigenvalue weighted by atomic mass is 19.4. The Kier molecular flexibility index (Phi) is 7.72. The first-order valence-electron chi connectivity index (χ1n) is 10.0. The number of nitrogens with zero attached hydrogens (tertiary/aromatic N) is 1. The molecule has 1 aliphatic heterocycles. The Bertz CT molecular complexity index is 835. The molecule has 9 heteroatoms. The minimum Gasteiger partial charge on any atom is -0.461 e. The van der Waals surface area contributed by atoms with Crippen LogP contribution in [0.25, 0.3) is 6.08 Å². The van der Waals surface area contributed by atoms with Crippen LogP contribution in [-0.4, -0.2) is 37.2 Å². The second-order valence-corrected chi connectivity index (χ2v) is 8.28. The molecule has 5 nitrogen and oxygen atoms in total. The van der Waals surface area contributed by atoms with Crippen molar-refractivity contribution in [2.75, 3.05) is 24.6 Å². The third-order valence-corrected chi connectivity index (χ3v) is 4.69. The lowest BCUT2D eigenvalue weighted by atomic mass is 9.95. The summed E-state index contributed by atoms with van der Waals surface area (Å²) < 4.78 is 63.9. The number of halogens is 4. The minimum atomic E-state index is -4.58. The number of esters is 2. The molecule has 0 bridgehead atoms. The van der Waals surface area contributed by atoms with E-state index >= 15 is 0 Å². The van der Waals surface area contributed by atoms with Gasteiger partial charge in [0.25, 0.3) is 0 Å². The number of alkyl halides is 3. The monoisotopic (exact) mass is 445 g/mol. The van der Waals surface area contributed by atoms with E-state index in [4.69, 9.17) is 4.74 Å². The van der Waals surface area contributed by atoms with E-state index in [1.165, 1.54) is 6.92 Å². The predicted molar refractivity (Wildman–Crippen MR) is 108 cm³/mol. The van der Waals surface area contributed by atoms with Gasteiger partial charge in [-0.05, 0) is 58.7 Å². The molecule has 1 heterocycles. The zero-order valence-corrected chi connectivity index (χ0v) is 18.0. The van der Waals surface area contributed by atoms with Crippen LogP contribution in [0.4, 0.5) is 23.2 Å². The maximum absolute atomic E-state index is 14.2.